The zero-order valence-corrected chi connectivity index (χ0v) is 18.0. The van der Waals surface area contributed by atoms with Crippen LogP contribution in [0.2, 0.25) is 0 Å². The van der Waals surface area contributed by atoms with Gasteiger partial charge in [0.15, 0.2) is 0 Å². The molecule has 6 nitrogen and oxygen atoms in total. The Bertz CT molecular complexity index is 1080. The van der Waals surface area contributed by atoms with E-state index in [2.05, 4.69) is 0 Å². The first kappa shape index (κ1) is 21.0. The van der Waals surface area contributed by atoms with Crippen molar-refractivity contribution in [2.24, 2.45) is 0 Å². The van der Waals surface area contributed by atoms with Gasteiger partial charge in [-0.15, -0.1) is 0 Å². The molecule has 1 fully saturated rings. The van der Waals surface area contributed by atoms with Crippen LogP contribution in [0.1, 0.15) is 34.1 Å². The molecule has 0 aliphatic carbocycles. The molecule has 160 valence electrons. The number of hydrogen-bond donors (Lipinski definition) is 0. The van der Waals surface area contributed by atoms with Crippen molar-refractivity contribution in [3.8, 4) is 0 Å². The highest BCUT2D eigenvalue weighted by Gasteiger charge is 2.27. The highest BCUT2D eigenvalue weighted by atomic mass is 16.5. The molecule has 2 amide bonds. The third-order valence-corrected chi connectivity index (χ3v) is 5.59. The van der Waals surface area contributed by atoms with Gasteiger partial charge in [0.25, 0.3) is 5.91 Å². The van der Waals surface area contributed by atoms with E-state index in [0.29, 0.717) is 37.4 Å². The lowest BCUT2D eigenvalue weighted by Crippen LogP contribution is -2.42. The molecule has 0 unspecified atom stereocenters. The van der Waals surface area contributed by atoms with E-state index in [1.807, 2.05) is 65.6 Å². The first-order valence-corrected chi connectivity index (χ1v) is 10.6. The van der Waals surface area contributed by atoms with Gasteiger partial charge in [0.2, 0.25) is 5.91 Å². The summed E-state index contributed by atoms with van der Waals surface area (Å²) < 4.78 is 5.97. The zero-order valence-electron chi connectivity index (χ0n) is 18.0. The molecule has 1 aliphatic rings. The number of morpholine rings is 1. The van der Waals surface area contributed by atoms with Crippen molar-refractivity contribution < 1.29 is 14.3 Å². The number of aryl methyl sites for hydroxylation is 1. The van der Waals surface area contributed by atoms with Crippen molar-refractivity contribution in [3.63, 3.8) is 0 Å². The topological polar surface area (TPSA) is 62.7 Å². The summed E-state index contributed by atoms with van der Waals surface area (Å²) in [5.74, 6) is 0.0361. The van der Waals surface area contributed by atoms with E-state index < -0.39 is 0 Å². The number of nitrogens with zero attached hydrogens (tertiary/aromatic N) is 3. The largest absolute Gasteiger partial charge is 0.368 e. The molecule has 0 radical (unpaired) electrons. The Balaban J connectivity index is 1.53. The van der Waals surface area contributed by atoms with Crippen LogP contribution in [-0.4, -0.2) is 60.4 Å². The second-order valence-electron chi connectivity index (χ2n) is 8.00. The molecule has 3 aromatic rings. The Morgan fingerprint density at radius 1 is 1.10 bits per heavy atom. The minimum atomic E-state index is -0.354. The molecule has 2 heterocycles. The Hall–Kier alpha value is -3.25. The van der Waals surface area contributed by atoms with Crippen LogP contribution in [0.5, 0.6) is 0 Å². The van der Waals surface area contributed by atoms with Gasteiger partial charge in [-0.1, -0.05) is 48.5 Å². The van der Waals surface area contributed by atoms with E-state index >= 15 is 0 Å². The summed E-state index contributed by atoms with van der Waals surface area (Å²) in [6.45, 7) is 1.46. The van der Waals surface area contributed by atoms with Gasteiger partial charge in [-0.05, 0) is 24.1 Å². The monoisotopic (exact) mass is 417 g/mol. The van der Waals surface area contributed by atoms with Crippen molar-refractivity contribution in [3.05, 3.63) is 77.5 Å². The van der Waals surface area contributed by atoms with Gasteiger partial charge in [0, 0.05) is 32.4 Å². The van der Waals surface area contributed by atoms with E-state index in [-0.39, 0.29) is 17.9 Å². The molecule has 2 aromatic carbocycles. The molecule has 1 aromatic heterocycles. The van der Waals surface area contributed by atoms with Crippen LogP contribution in [-0.2, 0) is 16.0 Å². The molecule has 0 bridgehead atoms. The fraction of sp³-hybridized carbons (Fsp3) is 0.320. The average Bonchev–Trinajstić information content (AvgIpc) is 2.82. The van der Waals surface area contributed by atoms with Crippen molar-refractivity contribution >= 4 is 22.7 Å². The number of pyridine rings is 1. The number of rotatable bonds is 5. The number of fused-ring (bicyclic) bond motifs is 1. The fourth-order valence-corrected chi connectivity index (χ4v) is 3.89. The number of amides is 2. The highest BCUT2D eigenvalue weighted by molar-refractivity contribution is 6.06. The lowest BCUT2D eigenvalue weighted by atomic mass is 10.0. The lowest BCUT2D eigenvalue weighted by Gasteiger charge is -2.33. The SMILES string of the molecule is CN(C)C(=O)c1cc([C@@H]2CN(C(=O)CCc3ccccc3)CCO2)nc2ccccc12. The molecular weight excluding hydrogens is 390 g/mol. The van der Waals surface area contributed by atoms with Crippen LogP contribution in [0.15, 0.2) is 60.7 Å². The van der Waals surface area contributed by atoms with E-state index in [1.165, 1.54) is 0 Å². The molecule has 6 heteroatoms. The highest BCUT2D eigenvalue weighted by Crippen LogP contribution is 2.27. The molecule has 1 saturated heterocycles. The van der Waals surface area contributed by atoms with E-state index in [1.54, 1.807) is 19.0 Å². The normalized spacial score (nSPS) is 16.3. The average molecular weight is 418 g/mol. The fourth-order valence-electron chi connectivity index (χ4n) is 3.89. The van der Waals surface area contributed by atoms with Crippen molar-refractivity contribution in [1.82, 2.24) is 14.8 Å². The van der Waals surface area contributed by atoms with Gasteiger partial charge >= 0.3 is 0 Å². The molecule has 31 heavy (non-hydrogen) atoms. The number of aromatic nitrogens is 1. The summed E-state index contributed by atoms with van der Waals surface area (Å²) in [6.07, 6.45) is 0.830. The first-order chi connectivity index (χ1) is 15.0. The van der Waals surface area contributed by atoms with Crippen LogP contribution in [0.4, 0.5) is 0 Å². The Morgan fingerprint density at radius 3 is 2.61 bits per heavy atom. The van der Waals surface area contributed by atoms with Crippen LogP contribution in [0, 0.1) is 0 Å². The summed E-state index contributed by atoms with van der Waals surface area (Å²) in [4.78, 5) is 33.8. The van der Waals surface area contributed by atoms with Gasteiger partial charge in [-0.3, -0.25) is 9.59 Å². The van der Waals surface area contributed by atoms with Gasteiger partial charge in [0.1, 0.15) is 6.10 Å². The number of para-hydroxylation sites is 1. The minimum Gasteiger partial charge on any atom is -0.368 e. The summed E-state index contributed by atoms with van der Waals surface area (Å²) >= 11 is 0. The Labute approximate surface area is 182 Å². The molecule has 0 N–H and O–H groups in total. The maximum absolute atomic E-state index is 12.8. The Morgan fingerprint density at radius 2 is 1.84 bits per heavy atom. The number of hydrogen-bond acceptors (Lipinski definition) is 4. The zero-order chi connectivity index (χ0) is 21.8. The summed E-state index contributed by atoms with van der Waals surface area (Å²) in [7, 11) is 3.48. The van der Waals surface area contributed by atoms with Gasteiger partial charge in [0.05, 0.1) is 29.9 Å². The smallest absolute Gasteiger partial charge is 0.254 e. The molecule has 1 atom stereocenters. The number of carbonyl (C=O) groups is 2. The number of ether oxygens (including phenoxy) is 1. The van der Waals surface area contributed by atoms with E-state index in [9.17, 15) is 9.59 Å². The third-order valence-electron chi connectivity index (χ3n) is 5.59. The van der Waals surface area contributed by atoms with Crippen LogP contribution in [0.25, 0.3) is 10.9 Å². The van der Waals surface area contributed by atoms with Crippen molar-refractivity contribution in [1.29, 1.82) is 0 Å². The molecule has 0 saturated carbocycles. The molecule has 0 spiro atoms. The number of benzene rings is 2. The van der Waals surface area contributed by atoms with Gasteiger partial charge < -0.3 is 14.5 Å². The second kappa shape index (κ2) is 9.27. The number of carbonyl (C=O) groups excluding carboxylic acids is 2. The van der Waals surface area contributed by atoms with Crippen LogP contribution in [0.3, 0.4) is 0 Å². The molecule has 1 aliphatic heterocycles. The minimum absolute atomic E-state index is 0.0774. The van der Waals surface area contributed by atoms with Crippen molar-refractivity contribution in [2.75, 3.05) is 33.8 Å². The van der Waals surface area contributed by atoms with Crippen LogP contribution >= 0.6 is 0 Å². The first-order valence-electron chi connectivity index (χ1n) is 10.6. The molecule has 4 rings (SSSR count). The van der Waals surface area contributed by atoms with Crippen molar-refractivity contribution in [2.45, 2.75) is 18.9 Å². The maximum Gasteiger partial charge on any atom is 0.254 e. The summed E-state index contributed by atoms with van der Waals surface area (Å²) in [5.41, 5.74) is 3.19. The predicted molar refractivity (Wildman–Crippen MR) is 120 cm³/mol. The lowest BCUT2D eigenvalue weighted by molar-refractivity contribution is -0.139. The quantitative estimate of drug-likeness (QED) is 0.638. The van der Waals surface area contributed by atoms with Gasteiger partial charge in [-0.25, -0.2) is 4.98 Å². The Kier molecular flexibility index (Phi) is 6.28. The van der Waals surface area contributed by atoms with E-state index in [4.69, 9.17) is 9.72 Å². The third kappa shape index (κ3) is 4.75. The summed E-state index contributed by atoms with van der Waals surface area (Å²) in [5, 5.41) is 0.816. The predicted octanol–water partition coefficient (Wildman–Crippen LogP) is 3.47. The second-order valence-corrected chi connectivity index (χ2v) is 8.00. The standard InChI is InChI=1S/C25H27N3O3/c1-27(2)25(30)20-16-22(26-21-11-7-6-10-19(20)21)23-17-28(14-15-31-23)24(29)13-12-18-8-4-3-5-9-18/h3-11,16,23H,12-15,17H2,1-2H3/t23-/m0/s1. The molecular formula is C25H27N3O3. The van der Waals surface area contributed by atoms with E-state index in [0.717, 1.165) is 22.9 Å². The van der Waals surface area contributed by atoms with Gasteiger partial charge in [-0.2, -0.15) is 0 Å². The van der Waals surface area contributed by atoms with Crippen LogP contribution < -0.4 is 0 Å². The maximum atomic E-state index is 12.8. The summed E-state index contributed by atoms with van der Waals surface area (Å²) in [6, 6.07) is 19.5.